The number of para-hydroxylation sites is 1. The van der Waals surface area contributed by atoms with Crippen LogP contribution in [0.4, 0.5) is 5.69 Å². The summed E-state index contributed by atoms with van der Waals surface area (Å²) in [5.74, 6) is 0.431. The average molecular weight is 471 g/mol. The van der Waals surface area contributed by atoms with E-state index in [1.54, 1.807) is 18.0 Å². The fourth-order valence-electron chi connectivity index (χ4n) is 3.41. The highest BCUT2D eigenvalue weighted by Gasteiger charge is 2.31. The first-order chi connectivity index (χ1) is 13.0. The number of hydrogen-bond acceptors (Lipinski definition) is 3. The number of nitrogens with zero attached hydrogens (tertiary/aromatic N) is 3. The van der Waals surface area contributed by atoms with Crippen molar-refractivity contribution in [2.24, 2.45) is 7.05 Å². The molecule has 4 rings (SSSR count). The summed E-state index contributed by atoms with van der Waals surface area (Å²) >= 11 is 2.18. The second-order valence-corrected chi connectivity index (χ2v) is 7.77. The molecule has 0 saturated carbocycles. The van der Waals surface area contributed by atoms with Crippen LogP contribution in [0.1, 0.15) is 24.7 Å². The lowest BCUT2D eigenvalue weighted by Gasteiger charge is -2.15. The summed E-state index contributed by atoms with van der Waals surface area (Å²) in [6, 6.07) is 13.4. The topological polar surface area (TPSA) is 55.2 Å². The van der Waals surface area contributed by atoms with E-state index in [1.807, 2.05) is 49.4 Å². The number of halogens is 1. The van der Waals surface area contributed by atoms with Crippen molar-refractivity contribution in [2.45, 2.75) is 13.3 Å². The number of amides is 1. The van der Waals surface area contributed by atoms with Gasteiger partial charge in [0.2, 0.25) is 0 Å². The molecule has 0 saturated heterocycles. The zero-order chi connectivity index (χ0) is 19.1. The van der Waals surface area contributed by atoms with Crippen LogP contribution >= 0.6 is 22.6 Å². The molecule has 0 N–H and O–H groups in total. The summed E-state index contributed by atoms with van der Waals surface area (Å²) in [5, 5.41) is 0.581. The molecular formula is C21H18IN3O2. The van der Waals surface area contributed by atoms with Gasteiger partial charge in [-0.25, -0.2) is 4.98 Å². The molecule has 0 radical (unpaired) electrons. The number of carbonyl (C=O) groups excluding carboxylic acids is 1. The highest BCUT2D eigenvalue weighted by molar-refractivity contribution is 14.1. The molecule has 6 heteroatoms. The number of benzene rings is 2. The van der Waals surface area contributed by atoms with Crippen LogP contribution in [0.2, 0.25) is 0 Å². The quantitative estimate of drug-likeness (QED) is 0.431. The van der Waals surface area contributed by atoms with Crippen molar-refractivity contribution in [1.29, 1.82) is 0 Å². The molecule has 2 aromatic carbocycles. The highest BCUT2D eigenvalue weighted by atomic mass is 127. The Kier molecular flexibility index (Phi) is 4.59. The van der Waals surface area contributed by atoms with Crippen LogP contribution < -0.4 is 10.5 Å². The Labute approximate surface area is 170 Å². The smallest absolute Gasteiger partial charge is 0.261 e. The van der Waals surface area contributed by atoms with Gasteiger partial charge in [-0.2, -0.15) is 0 Å². The Hall–Kier alpha value is -2.48. The van der Waals surface area contributed by atoms with Gasteiger partial charge in [0.05, 0.1) is 22.2 Å². The van der Waals surface area contributed by atoms with Gasteiger partial charge in [-0.05, 0) is 59.4 Å². The number of aromatic nitrogens is 2. The molecule has 1 amide bonds. The van der Waals surface area contributed by atoms with Gasteiger partial charge in [0.25, 0.3) is 11.5 Å². The number of fused-ring (bicyclic) bond motifs is 2. The third kappa shape index (κ3) is 2.97. The first-order valence-electron chi connectivity index (χ1n) is 8.80. The Morgan fingerprint density at radius 1 is 1.15 bits per heavy atom. The molecule has 2 heterocycles. The molecule has 0 unspecified atom stereocenters. The van der Waals surface area contributed by atoms with Crippen LogP contribution in [0.25, 0.3) is 22.6 Å². The Balaban J connectivity index is 1.91. The fourth-order valence-corrected chi connectivity index (χ4v) is 3.90. The maximum Gasteiger partial charge on any atom is 0.261 e. The van der Waals surface area contributed by atoms with Gasteiger partial charge in [-0.15, -0.1) is 0 Å². The predicted octanol–water partition coefficient (Wildman–Crippen LogP) is 3.84. The zero-order valence-corrected chi connectivity index (χ0v) is 17.2. The fraction of sp³-hybridized carbons (Fsp3) is 0.190. The highest BCUT2D eigenvalue weighted by Crippen LogP contribution is 2.37. The summed E-state index contributed by atoms with van der Waals surface area (Å²) in [6.45, 7) is 2.71. The van der Waals surface area contributed by atoms with Gasteiger partial charge in [-0.1, -0.05) is 25.1 Å². The van der Waals surface area contributed by atoms with Crippen LogP contribution in [0.5, 0.6) is 0 Å². The third-order valence-corrected chi connectivity index (χ3v) is 5.42. The monoisotopic (exact) mass is 471 g/mol. The number of anilines is 1. The minimum Gasteiger partial charge on any atom is -0.308 e. The van der Waals surface area contributed by atoms with Gasteiger partial charge >= 0.3 is 0 Å². The zero-order valence-electron chi connectivity index (χ0n) is 15.1. The van der Waals surface area contributed by atoms with Gasteiger partial charge < -0.3 is 4.90 Å². The molecule has 0 atom stereocenters. The van der Waals surface area contributed by atoms with Crippen molar-refractivity contribution in [3.8, 4) is 0 Å². The van der Waals surface area contributed by atoms with Crippen LogP contribution in [0.3, 0.4) is 0 Å². The van der Waals surface area contributed by atoms with Gasteiger partial charge in [0.1, 0.15) is 5.82 Å². The first kappa shape index (κ1) is 17.9. The normalized spacial score (nSPS) is 15.0. The molecule has 0 aliphatic carbocycles. The second kappa shape index (κ2) is 6.92. The van der Waals surface area contributed by atoms with Gasteiger partial charge in [0.15, 0.2) is 0 Å². The molecule has 1 aromatic heterocycles. The molecule has 0 fully saturated rings. The van der Waals surface area contributed by atoms with E-state index in [0.29, 0.717) is 28.8 Å². The molecule has 0 spiro atoms. The maximum absolute atomic E-state index is 13.0. The van der Waals surface area contributed by atoms with Crippen LogP contribution in [-0.4, -0.2) is 22.0 Å². The van der Waals surface area contributed by atoms with Crippen molar-refractivity contribution in [2.75, 3.05) is 11.4 Å². The predicted molar refractivity (Wildman–Crippen MR) is 117 cm³/mol. The molecule has 3 aromatic rings. The number of carbonyl (C=O) groups is 1. The van der Waals surface area contributed by atoms with E-state index in [-0.39, 0.29) is 11.5 Å². The van der Waals surface area contributed by atoms with Gasteiger partial charge in [0, 0.05) is 22.7 Å². The van der Waals surface area contributed by atoms with Crippen molar-refractivity contribution in [3.63, 3.8) is 0 Å². The van der Waals surface area contributed by atoms with Crippen molar-refractivity contribution in [1.82, 2.24) is 9.55 Å². The number of rotatable bonds is 3. The summed E-state index contributed by atoms with van der Waals surface area (Å²) in [4.78, 5) is 32.2. The van der Waals surface area contributed by atoms with E-state index in [1.165, 1.54) is 4.57 Å². The van der Waals surface area contributed by atoms with E-state index in [0.717, 1.165) is 21.2 Å². The lowest BCUT2D eigenvalue weighted by Crippen LogP contribution is -2.27. The summed E-state index contributed by atoms with van der Waals surface area (Å²) in [6.07, 6.45) is 2.61. The maximum atomic E-state index is 13.0. The average Bonchev–Trinajstić information content (AvgIpc) is 2.93. The van der Waals surface area contributed by atoms with Crippen molar-refractivity contribution in [3.05, 3.63) is 67.8 Å². The Morgan fingerprint density at radius 2 is 1.93 bits per heavy atom. The molecule has 0 bridgehead atoms. The largest absolute Gasteiger partial charge is 0.308 e. The van der Waals surface area contributed by atoms with E-state index in [4.69, 9.17) is 0 Å². The van der Waals surface area contributed by atoms with Crippen molar-refractivity contribution < 1.29 is 4.79 Å². The van der Waals surface area contributed by atoms with Crippen LogP contribution in [-0.2, 0) is 11.8 Å². The molecule has 1 aliphatic rings. The third-order valence-electron chi connectivity index (χ3n) is 4.75. The van der Waals surface area contributed by atoms with E-state index >= 15 is 0 Å². The number of hydrogen-bond donors (Lipinski definition) is 0. The second-order valence-electron chi connectivity index (χ2n) is 6.53. The summed E-state index contributed by atoms with van der Waals surface area (Å²) in [5.41, 5.74) is 2.89. The molecule has 5 nitrogen and oxygen atoms in total. The molecule has 1 aliphatic heterocycles. The molecule has 136 valence electrons. The van der Waals surface area contributed by atoms with Gasteiger partial charge in [-0.3, -0.25) is 14.2 Å². The van der Waals surface area contributed by atoms with E-state index in [2.05, 4.69) is 27.6 Å². The first-order valence-corrected chi connectivity index (χ1v) is 9.88. The van der Waals surface area contributed by atoms with Crippen LogP contribution in [0.15, 0.2) is 47.3 Å². The van der Waals surface area contributed by atoms with Crippen molar-refractivity contribution >= 4 is 56.7 Å². The summed E-state index contributed by atoms with van der Waals surface area (Å²) in [7, 11) is 1.69. The standard InChI is InChI=1S/C21H18IN3O2/c1-3-10-25-18-7-5-4-6-14(18)15(21(25)27)12-19-23-17-9-8-13(22)11-16(17)20(26)24(19)2/h4-9,11-12H,3,10H2,1-2H3. The minimum absolute atomic E-state index is 0.0463. The molecule has 27 heavy (non-hydrogen) atoms. The lowest BCUT2D eigenvalue weighted by molar-refractivity contribution is -0.113. The Morgan fingerprint density at radius 3 is 2.70 bits per heavy atom. The SMILES string of the molecule is CCCN1C(=O)C(=Cc2nc3ccc(I)cc3c(=O)n2C)c2ccccc21. The molecular weight excluding hydrogens is 453 g/mol. The Bertz CT molecular complexity index is 1160. The summed E-state index contributed by atoms with van der Waals surface area (Å²) < 4.78 is 2.49. The van der Waals surface area contributed by atoms with E-state index in [9.17, 15) is 9.59 Å². The minimum atomic E-state index is -0.116. The van der Waals surface area contributed by atoms with E-state index < -0.39 is 0 Å². The lowest BCUT2D eigenvalue weighted by atomic mass is 10.1. The van der Waals surface area contributed by atoms with Crippen LogP contribution in [0, 0.1) is 3.57 Å².